The maximum Gasteiger partial charge on any atom is 0.246 e. The van der Waals surface area contributed by atoms with Crippen molar-refractivity contribution in [3.05, 3.63) is 11.0 Å². The van der Waals surface area contributed by atoms with Gasteiger partial charge in [0.1, 0.15) is 5.52 Å². The number of H-pyrrole nitrogens is 1. The molecule has 8 heteroatoms. The zero-order valence-electron chi connectivity index (χ0n) is 9.74. The van der Waals surface area contributed by atoms with Crippen molar-refractivity contribution in [2.45, 2.75) is 6.42 Å². The SMILES string of the molecule is COc1nc(Cl)nc2c(CCOCCBr)[nH]nc12. The number of aromatic nitrogens is 4. The van der Waals surface area contributed by atoms with Gasteiger partial charge in [0.2, 0.25) is 11.2 Å². The van der Waals surface area contributed by atoms with E-state index in [-0.39, 0.29) is 5.28 Å². The number of methoxy groups -OCH3 is 1. The largest absolute Gasteiger partial charge is 0.479 e. The minimum absolute atomic E-state index is 0.142. The zero-order valence-corrected chi connectivity index (χ0v) is 12.1. The van der Waals surface area contributed by atoms with Crippen molar-refractivity contribution in [1.82, 2.24) is 20.2 Å². The number of nitrogens with zero attached hydrogens (tertiary/aromatic N) is 3. The molecule has 6 nitrogen and oxygen atoms in total. The lowest BCUT2D eigenvalue weighted by molar-refractivity contribution is 0.153. The van der Waals surface area contributed by atoms with Crippen LogP contribution in [0.15, 0.2) is 0 Å². The normalized spacial score (nSPS) is 11.1. The molecule has 0 spiro atoms. The number of aromatic amines is 1. The Morgan fingerprint density at radius 2 is 2.11 bits per heavy atom. The highest BCUT2D eigenvalue weighted by Crippen LogP contribution is 2.24. The zero-order chi connectivity index (χ0) is 13.0. The summed E-state index contributed by atoms with van der Waals surface area (Å²) < 4.78 is 10.5. The molecule has 18 heavy (non-hydrogen) atoms. The van der Waals surface area contributed by atoms with Gasteiger partial charge in [-0.25, -0.2) is 4.98 Å². The fourth-order valence-corrected chi connectivity index (χ4v) is 1.93. The summed E-state index contributed by atoms with van der Waals surface area (Å²) in [5, 5.41) is 8.00. The van der Waals surface area contributed by atoms with Crippen molar-refractivity contribution in [3.8, 4) is 5.88 Å². The van der Waals surface area contributed by atoms with Gasteiger partial charge < -0.3 is 9.47 Å². The second kappa shape index (κ2) is 6.31. The minimum Gasteiger partial charge on any atom is -0.479 e. The summed E-state index contributed by atoms with van der Waals surface area (Å²) in [4.78, 5) is 8.11. The van der Waals surface area contributed by atoms with Crippen LogP contribution < -0.4 is 4.74 Å². The van der Waals surface area contributed by atoms with E-state index in [0.717, 1.165) is 11.0 Å². The summed E-state index contributed by atoms with van der Waals surface area (Å²) >= 11 is 9.13. The maximum atomic E-state index is 5.83. The monoisotopic (exact) mass is 334 g/mol. The molecule has 0 aliphatic rings. The lowest BCUT2D eigenvalue weighted by Gasteiger charge is -2.01. The Morgan fingerprint density at radius 1 is 1.28 bits per heavy atom. The number of rotatable bonds is 6. The molecule has 0 bridgehead atoms. The van der Waals surface area contributed by atoms with E-state index in [1.165, 1.54) is 7.11 Å². The van der Waals surface area contributed by atoms with Crippen molar-refractivity contribution in [1.29, 1.82) is 0 Å². The van der Waals surface area contributed by atoms with Crippen LogP contribution in [0.2, 0.25) is 5.28 Å². The fraction of sp³-hybridized carbons (Fsp3) is 0.500. The van der Waals surface area contributed by atoms with Crippen LogP contribution in [-0.2, 0) is 11.2 Å². The molecule has 2 heterocycles. The Hall–Kier alpha value is -0.920. The Morgan fingerprint density at radius 3 is 2.83 bits per heavy atom. The quantitative estimate of drug-likeness (QED) is 0.496. The van der Waals surface area contributed by atoms with E-state index in [2.05, 4.69) is 36.1 Å². The molecule has 0 radical (unpaired) electrons. The number of fused-ring (bicyclic) bond motifs is 1. The van der Waals surface area contributed by atoms with Crippen LogP contribution in [0.25, 0.3) is 11.0 Å². The minimum atomic E-state index is 0.142. The van der Waals surface area contributed by atoms with Gasteiger partial charge in [-0.1, -0.05) is 15.9 Å². The molecule has 0 aliphatic carbocycles. The third-order valence-corrected chi connectivity index (χ3v) is 2.82. The van der Waals surface area contributed by atoms with Crippen LogP contribution in [0.3, 0.4) is 0 Å². The highest BCUT2D eigenvalue weighted by Gasteiger charge is 2.14. The predicted molar refractivity (Wildman–Crippen MR) is 71.6 cm³/mol. The maximum absolute atomic E-state index is 5.83. The summed E-state index contributed by atoms with van der Waals surface area (Å²) in [6.45, 7) is 1.26. The van der Waals surface area contributed by atoms with E-state index in [4.69, 9.17) is 21.1 Å². The summed E-state index contributed by atoms with van der Waals surface area (Å²) in [6.07, 6.45) is 0.681. The van der Waals surface area contributed by atoms with Gasteiger partial charge in [0, 0.05) is 11.8 Å². The van der Waals surface area contributed by atoms with Crippen molar-refractivity contribution in [2.24, 2.45) is 0 Å². The molecule has 0 saturated carbocycles. The molecule has 0 amide bonds. The molecule has 0 aliphatic heterocycles. The van der Waals surface area contributed by atoms with E-state index in [0.29, 0.717) is 36.5 Å². The van der Waals surface area contributed by atoms with Crippen LogP contribution in [0.1, 0.15) is 5.69 Å². The second-order valence-electron chi connectivity index (χ2n) is 3.45. The topological polar surface area (TPSA) is 72.9 Å². The molecule has 98 valence electrons. The van der Waals surface area contributed by atoms with Crippen molar-refractivity contribution in [3.63, 3.8) is 0 Å². The van der Waals surface area contributed by atoms with Gasteiger partial charge in [0.05, 0.1) is 26.0 Å². The van der Waals surface area contributed by atoms with Gasteiger partial charge >= 0.3 is 0 Å². The predicted octanol–water partition coefficient (Wildman–Crippen LogP) is 1.97. The molecule has 0 aromatic carbocycles. The van der Waals surface area contributed by atoms with Crippen LogP contribution in [0, 0.1) is 0 Å². The fourth-order valence-electron chi connectivity index (χ4n) is 1.54. The third kappa shape index (κ3) is 2.90. The molecular formula is C10H12BrClN4O2. The number of hydrogen-bond acceptors (Lipinski definition) is 5. The first-order chi connectivity index (χ1) is 8.76. The van der Waals surface area contributed by atoms with Crippen LogP contribution in [-0.4, -0.2) is 45.8 Å². The van der Waals surface area contributed by atoms with Crippen LogP contribution >= 0.6 is 27.5 Å². The molecule has 0 atom stereocenters. The van der Waals surface area contributed by atoms with Crippen molar-refractivity contribution < 1.29 is 9.47 Å². The van der Waals surface area contributed by atoms with Crippen LogP contribution in [0.5, 0.6) is 5.88 Å². The number of alkyl halides is 1. The summed E-state index contributed by atoms with van der Waals surface area (Å²) in [6, 6.07) is 0. The van der Waals surface area contributed by atoms with E-state index < -0.39 is 0 Å². The number of nitrogens with one attached hydrogen (secondary N) is 1. The number of halogens is 2. The molecule has 2 rings (SSSR count). The first kappa shape index (κ1) is 13.5. The van der Waals surface area contributed by atoms with Gasteiger partial charge in [-0.2, -0.15) is 10.1 Å². The summed E-state index contributed by atoms with van der Waals surface area (Å²) in [5.41, 5.74) is 2.12. The van der Waals surface area contributed by atoms with E-state index in [9.17, 15) is 0 Å². The van der Waals surface area contributed by atoms with Crippen molar-refractivity contribution in [2.75, 3.05) is 25.7 Å². The third-order valence-electron chi connectivity index (χ3n) is 2.32. The Labute approximate surface area is 117 Å². The Balaban J connectivity index is 2.21. The average Bonchev–Trinajstić information content (AvgIpc) is 2.77. The lowest BCUT2D eigenvalue weighted by atomic mass is 10.3. The lowest BCUT2D eigenvalue weighted by Crippen LogP contribution is -2.02. The van der Waals surface area contributed by atoms with Gasteiger partial charge in [-0.15, -0.1) is 0 Å². The van der Waals surface area contributed by atoms with Crippen LogP contribution in [0.4, 0.5) is 0 Å². The highest BCUT2D eigenvalue weighted by atomic mass is 79.9. The highest BCUT2D eigenvalue weighted by molar-refractivity contribution is 9.09. The molecule has 1 N–H and O–H groups in total. The standard InChI is InChI=1S/C10H12BrClN4O2/c1-17-9-8-7(13-10(12)14-9)6(15-16-8)2-4-18-5-3-11/h2-5H2,1H3,(H,15,16). The van der Waals surface area contributed by atoms with E-state index in [1.54, 1.807) is 0 Å². The molecule has 2 aromatic rings. The second-order valence-corrected chi connectivity index (χ2v) is 4.58. The molecule has 0 unspecified atom stereocenters. The summed E-state index contributed by atoms with van der Waals surface area (Å²) in [7, 11) is 1.52. The molecular weight excluding hydrogens is 323 g/mol. The Bertz CT molecular complexity index is 534. The van der Waals surface area contributed by atoms with Gasteiger partial charge in [-0.3, -0.25) is 5.10 Å². The molecule has 0 saturated heterocycles. The van der Waals surface area contributed by atoms with Gasteiger partial charge in [-0.05, 0) is 11.6 Å². The van der Waals surface area contributed by atoms with Crippen molar-refractivity contribution >= 4 is 38.6 Å². The Kier molecular flexibility index (Phi) is 4.73. The average molecular weight is 336 g/mol. The van der Waals surface area contributed by atoms with E-state index >= 15 is 0 Å². The van der Waals surface area contributed by atoms with E-state index in [1.807, 2.05) is 0 Å². The smallest absolute Gasteiger partial charge is 0.246 e. The molecule has 0 fully saturated rings. The molecule has 2 aromatic heterocycles. The first-order valence-corrected chi connectivity index (χ1v) is 6.84. The number of hydrogen-bond donors (Lipinski definition) is 1. The number of ether oxygens (including phenoxy) is 2. The first-order valence-electron chi connectivity index (χ1n) is 5.34. The van der Waals surface area contributed by atoms with Gasteiger partial charge in [0.25, 0.3) is 0 Å². The van der Waals surface area contributed by atoms with Gasteiger partial charge in [0.15, 0.2) is 5.52 Å². The summed E-state index contributed by atoms with van der Waals surface area (Å²) in [5.74, 6) is 0.369.